The number of unbranched alkanes of at least 4 members (excludes halogenated alkanes) is 1. The molecule has 0 aliphatic heterocycles. The predicted molar refractivity (Wildman–Crippen MR) is 66.5 cm³/mol. The van der Waals surface area contributed by atoms with Crippen LogP contribution < -0.4 is 5.73 Å². The van der Waals surface area contributed by atoms with Gasteiger partial charge in [-0.3, -0.25) is 4.79 Å². The Kier molecular flexibility index (Phi) is 8.17. The highest BCUT2D eigenvalue weighted by Crippen LogP contribution is 2.21. The molecule has 0 spiro atoms. The van der Waals surface area contributed by atoms with Crippen LogP contribution in [0, 0.1) is 0 Å². The van der Waals surface area contributed by atoms with Crippen LogP contribution in [0.25, 0.3) is 0 Å². The molecule has 0 aliphatic rings. The topological polar surface area (TPSA) is 63.3 Å². The maximum atomic E-state index is 11.0. The van der Waals surface area contributed by atoms with Crippen LogP contribution in [-0.4, -0.2) is 18.1 Å². The Bertz CT molecular complexity index is 285. The Morgan fingerprint density at radius 2 is 1.88 bits per heavy atom. The van der Waals surface area contributed by atoms with Crippen LogP contribution in [0.3, 0.4) is 0 Å². The van der Waals surface area contributed by atoms with Gasteiger partial charge in [0.2, 0.25) is 0 Å². The first-order valence-corrected chi connectivity index (χ1v) is 5.61. The van der Waals surface area contributed by atoms with Gasteiger partial charge in [-0.2, -0.15) is 0 Å². The molecule has 3 heteroatoms. The van der Waals surface area contributed by atoms with Gasteiger partial charge in [-0.25, -0.2) is 0 Å². The van der Waals surface area contributed by atoms with Crippen molar-refractivity contribution in [2.24, 2.45) is 5.73 Å². The average Bonchev–Trinajstić information content (AvgIpc) is 2.33. The molecule has 0 saturated carbocycles. The molecule has 0 heterocycles. The minimum Gasteiger partial charge on any atom is -0.481 e. The van der Waals surface area contributed by atoms with Crippen molar-refractivity contribution in [2.45, 2.75) is 32.1 Å². The third-order valence-corrected chi connectivity index (χ3v) is 2.35. The van der Waals surface area contributed by atoms with Gasteiger partial charge in [0.15, 0.2) is 0 Å². The third-order valence-electron chi connectivity index (χ3n) is 2.35. The van der Waals surface area contributed by atoms with Crippen LogP contribution in [0.4, 0.5) is 0 Å². The summed E-state index contributed by atoms with van der Waals surface area (Å²) < 4.78 is 0. The van der Waals surface area contributed by atoms with E-state index in [2.05, 4.69) is 12.7 Å². The van der Waals surface area contributed by atoms with E-state index in [9.17, 15) is 4.79 Å². The molecule has 16 heavy (non-hydrogen) atoms. The second-order valence-electron chi connectivity index (χ2n) is 3.44. The Labute approximate surface area is 97.3 Å². The van der Waals surface area contributed by atoms with Gasteiger partial charge in [0.1, 0.15) is 0 Å². The molecule has 0 amide bonds. The van der Waals surface area contributed by atoms with Gasteiger partial charge in [-0.05, 0) is 19.0 Å². The van der Waals surface area contributed by atoms with Crippen LogP contribution in [-0.2, 0) is 4.79 Å². The van der Waals surface area contributed by atoms with E-state index in [0.717, 1.165) is 24.8 Å². The number of rotatable bonds is 5. The summed E-state index contributed by atoms with van der Waals surface area (Å²) in [6.07, 6.45) is 2.73. The average molecular weight is 223 g/mol. The molecule has 0 aliphatic carbocycles. The SMILES string of the molecule is CCCCC(C(=O)O)c1ccccc1.CN. The van der Waals surface area contributed by atoms with Gasteiger partial charge in [0.25, 0.3) is 0 Å². The Morgan fingerprint density at radius 1 is 1.31 bits per heavy atom. The van der Waals surface area contributed by atoms with E-state index in [0.29, 0.717) is 0 Å². The van der Waals surface area contributed by atoms with E-state index in [1.54, 1.807) is 0 Å². The fourth-order valence-electron chi connectivity index (χ4n) is 1.53. The summed E-state index contributed by atoms with van der Waals surface area (Å²) in [6.45, 7) is 2.07. The first-order chi connectivity index (χ1) is 7.75. The first-order valence-electron chi connectivity index (χ1n) is 5.61. The zero-order chi connectivity index (χ0) is 12.4. The lowest BCUT2D eigenvalue weighted by atomic mass is 9.94. The molecule has 1 aromatic rings. The number of aliphatic carboxylic acids is 1. The van der Waals surface area contributed by atoms with Gasteiger partial charge in [0.05, 0.1) is 5.92 Å². The minimum absolute atomic E-state index is 0.337. The molecule has 1 unspecified atom stereocenters. The zero-order valence-electron chi connectivity index (χ0n) is 10.0. The number of hydrogen-bond donors (Lipinski definition) is 2. The number of hydrogen-bond acceptors (Lipinski definition) is 2. The number of nitrogens with two attached hydrogens (primary N) is 1. The van der Waals surface area contributed by atoms with Crippen molar-refractivity contribution in [1.29, 1.82) is 0 Å². The standard InChI is InChI=1S/C12H16O2.CH5N/c1-2-3-9-11(12(13)14)10-7-5-4-6-8-10;1-2/h4-8,11H,2-3,9H2,1H3,(H,13,14);2H2,1H3. The molecule has 3 nitrogen and oxygen atoms in total. The highest BCUT2D eigenvalue weighted by molar-refractivity contribution is 5.75. The quantitative estimate of drug-likeness (QED) is 0.806. The number of benzene rings is 1. The van der Waals surface area contributed by atoms with Crippen molar-refractivity contribution in [3.05, 3.63) is 35.9 Å². The highest BCUT2D eigenvalue weighted by atomic mass is 16.4. The second-order valence-corrected chi connectivity index (χ2v) is 3.44. The fourth-order valence-corrected chi connectivity index (χ4v) is 1.53. The van der Waals surface area contributed by atoms with E-state index < -0.39 is 5.97 Å². The normalized spacial score (nSPS) is 11.2. The smallest absolute Gasteiger partial charge is 0.310 e. The predicted octanol–water partition coefficient (Wildman–Crippen LogP) is 2.62. The van der Waals surface area contributed by atoms with Crippen LogP contribution in [0.1, 0.15) is 37.7 Å². The molecule has 1 rings (SSSR count). The fraction of sp³-hybridized carbons (Fsp3) is 0.462. The van der Waals surface area contributed by atoms with Crippen LogP contribution in [0.15, 0.2) is 30.3 Å². The molecule has 90 valence electrons. The molecule has 1 atom stereocenters. The maximum Gasteiger partial charge on any atom is 0.310 e. The zero-order valence-corrected chi connectivity index (χ0v) is 10.0. The summed E-state index contributed by atoms with van der Waals surface area (Å²) in [4.78, 5) is 11.0. The van der Waals surface area contributed by atoms with E-state index >= 15 is 0 Å². The van der Waals surface area contributed by atoms with Gasteiger partial charge >= 0.3 is 5.97 Å². The van der Waals surface area contributed by atoms with Crippen LogP contribution in [0.5, 0.6) is 0 Å². The summed E-state index contributed by atoms with van der Waals surface area (Å²) in [7, 11) is 1.50. The van der Waals surface area contributed by atoms with Crippen molar-refractivity contribution in [2.75, 3.05) is 7.05 Å². The lowest BCUT2D eigenvalue weighted by Gasteiger charge is -2.11. The third kappa shape index (κ3) is 4.94. The van der Waals surface area contributed by atoms with E-state index in [1.165, 1.54) is 7.05 Å². The number of carboxylic acids is 1. The number of carbonyl (C=O) groups is 1. The van der Waals surface area contributed by atoms with Crippen molar-refractivity contribution in [3.63, 3.8) is 0 Å². The first kappa shape index (κ1) is 14.6. The lowest BCUT2D eigenvalue weighted by Crippen LogP contribution is -2.11. The molecule has 0 bridgehead atoms. The van der Waals surface area contributed by atoms with Gasteiger partial charge in [-0.15, -0.1) is 0 Å². The summed E-state index contributed by atoms with van der Waals surface area (Å²) >= 11 is 0. The summed E-state index contributed by atoms with van der Waals surface area (Å²) in [6, 6.07) is 9.44. The summed E-state index contributed by atoms with van der Waals surface area (Å²) in [5.41, 5.74) is 5.41. The lowest BCUT2D eigenvalue weighted by molar-refractivity contribution is -0.139. The second kappa shape index (κ2) is 8.92. The maximum absolute atomic E-state index is 11.0. The van der Waals surface area contributed by atoms with Crippen molar-refractivity contribution in [3.8, 4) is 0 Å². The monoisotopic (exact) mass is 223 g/mol. The van der Waals surface area contributed by atoms with Gasteiger partial charge in [-0.1, -0.05) is 50.1 Å². The van der Waals surface area contributed by atoms with Gasteiger partial charge < -0.3 is 10.8 Å². The summed E-state index contributed by atoms with van der Waals surface area (Å²) in [5.74, 6) is -1.05. The van der Waals surface area contributed by atoms with Gasteiger partial charge in [0, 0.05) is 0 Å². The van der Waals surface area contributed by atoms with Crippen molar-refractivity contribution < 1.29 is 9.90 Å². The summed E-state index contributed by atoms with van der Waals surface area (Å²) in [5, 5.41) is 9.05. The van der Waals surface area contributed by atoms with Crippen LogP contribution >= 0.6 is 0 Å². The highest BCUT2D eigenvalue weighted by Gasteiger charge is 2.18. The Hall–Kier alpha value is -1.35. The molecular formula is C13H21NO2. The Balaban J connectivity index is 0.00000106. The van der Waals surface area contributed by atoms with E-state index in [-0.39, 0.29) is 5.92 Å². The molecule has 0 fully saturated rings. The van der Waals surface area contributed by atoms with Crippen LogP contribution in [0.2, 0.25) is 0 Å². The van der Waals surface area contributed by atoms with E-state index in [4.69, 9.17) is 5.11 Å². The molecule has 1 aromatic carbocycles. The minimum atomic E-state index is -0.718. The number of carboxylic acid groups (broad SMARTS) is 1. The van der Waals surface area contributed by atoms with E-state index in [1.807, 2.05) is 30.3 Å². The molecule has 0 radical (unpaired) electrons. The largest absolute Gasteiger partial charge is 0.481 e. The van der Waals surface area contributed by atoms with Crippen molar-refractivity contribution in [1.82, 2.24) is 0 Å². The molecular weight excluding hydrogens is 202 g/mol. The molecule has 0 saturated heterocycles. The Morgan fingerprint density at radius 3 is 2.31 bits per heavy atom. The molecule has 3 N–H and O–H groups in total. The van der Waals surface area contributed by atoms with Crippen molar-refractivity contribution >= 4 is 5.97 Å². The molecule has 0 aromatic heterocycles.